The Bertz CT molecular complexity index is 2480. The average molecular weight is 1660 g/mol. The first-order chi connectivity index (χ1) is 42.3. The molecule has 3 unspecified atom stereocenters. The number of hydrogen-bond donors (Lipinski definition) is 9. The Morgan fingerprint density at radius 1 is 0.577 bits per heavy atom. The maximum atomic E-state index is 12.7. The van der Waals surface area contributed by atoms with Gasteiger partial charge in [-0.2, -0.15) is 8.62 Å². The summed E-state index contributed by atoms with van der Waals surface area (Å²) in [6.45, 7) is 18.7. The molecule has 548 valence electrons. The monoisotopic (exact) mass is 1660 g/mol. The number of halogens is 8. The molecule has 14 radical (unpaired) electrons. The van der Waals surface area contributed by atoms with Gasteiger partial charge in [-0.3, -0.25) is 23.4 Å². The van der Waals surface area contributed by atoms with E-state index in [9.17, 15) is 37.8 Å². The van der Waals surface area contributed by atoms with Gasteiger partial charge in [-0.05, 0) is 88.4 Å². The van der Waals surface area contributed by atoms with Crippen LogP contribution in [-0.4, -0.2) is 272 Å². The second-order valence-corrected chi connectivity index (χ2v) is 33.4. The molecule has 0 aromatic heterocycles. The van der Waals surface area contributed by atoms with Gasteiger partial charge in [0.2, 0.25) is 7.59 Å². The second kappa shape index (κ2) is 48.3. The average Bonchev–Trinajstić information content (AvgIpc) is 1.79. The first-order valence-electron chi connectivity index (χ1n) is 28.4. The van der Waals surface area contributed by atoms with Crippen molar-refractivity contribution in [3.8, 4) is 0 Å². The zero-order chi connectivity index (χ0) is 72.1. The molecule has 0 saturated carbocycles. The largest absolute Gasteiger partial charge is 2.00 e. The van der Waals surface area contributed by atoms with E-state index in [2.05, 4.69) is 26.3 Å². The van der Waals surface area contributed by atoms with Gasteiger partial charge in [0.25, 0.3) is 0 Å². The van der Waals surface area contributed by atoms with E-state index < -0.39 is 112 Å². The molecule has 0 aromatic carbocycles. The summed E-state index contributed by atoms with van der Waals surface area (Å²) in [4.78, 5) is 55.9. The molecule has 7 rings (SSSR count). The molecule has 0 aliphatic carbocycles. The number of phosphoric acid groups is 4. The first kappa shape index (κ1) is 105. The summed E-state index contributed by atoms with van der Waals surface area (Å²) in [5.74, 6) is 0.752. The zero-order valence-electron chi connectivity index (χ0n) is 54.3. The smallest absolute Gasteiger partial charge is 1.00 e. The van der Waals surface area contributed by atoms with Crippen molar-refractivity contribution in [1.82, 2.24) is 0 Å². The Morgan fingerprint density at radius 3 is 1.22 bits per heavy atom. The van der Waals surface area contributed by atoms with Crippen LogP contribution in [-0.2, 0) is 87.7 Å². The van der Waals surface area contributed by atoms with E-state index in [1.807, 2.05) is 34.6 Å². The van der Waals surface area contributed by atoms with Crippen LogP contribution >= 0.6 is 101 Å². The van der Waals surface area contributed by atoms with Crippen LogP contribution in [0.15, 0.2) is 24.7 Å². The Kier molecular flexibility index (Phi) is 52.5. The Balaban J connectivity index is -0.000000355. The van der Waals surface area contributed by atoms with E-state index in [-0.39, 0.29) is 151 Å². The van der Waals surface area contributed by atoms with Gasteiger partial charge in [0.15, 0.2) is 5.78 Å². The normalized spacial score (nSPS) is 34.1. The van der Waals surface area contributed by atoms with E-state index >= 15 is 0 Å². The van der Waals surface area contributed by atoms with Crippen molar-refractivity contribution in [2.24, 2.45) is 29.6 Å². The molecule has 97 heavy (non-hydrogen) atoms. The summed E-state index contributed by atoms with van der Waals surface area (Å²) >= 11 is 33.4. The Morgan fingerprint density at radius 2 is 0.948 bits per heavy atom. The molecule has 9 N–H and O–H groups in total. The molecule has 48 heteroatoms. The summed E-state index contributed by atoms with van der Waals surface area (Å²) in [5.41, 5.74) is 0. The minimum atomic E-state index is -5.62. The molecule has 7 fully saturated rings. The van der Waals surface area contributed by atoms with Gasteiger partial charge in [0.1, 0.15) is 116 Å². The van der Waals surface area contributed by atoms with E-state index in [0.717, 1.165) is 32.0 Å². The third kappa shape index (κ3) is 43.5. The SMILES string of the molecule is F.[3HH].[B][C@H]1C[C@@H](C)[C@@H](C(=C)OP(=O)(OCC(Cl)(Cl)Cl)OCC(Cl)(Cl)Cl)O1.[B][C@H]1C[C@@H](C)[C@@H](C(C)=O)O1.[B][C@H]1C[C@@H](C)[C@@H](C(C)O)O1.[B][C@H]1C[C@@H](C)[C@@H](C=O)O1.[B][C@H]1C[C@@H](C)[C@@H](CO)O1.[B][C@H]1C[C@@H](O)[C@@H](C(=C)OP(=O)(O)OP(=O)(O)OP(=O)(O)O)O1.[B][C@H]1C[C@@H](O)[C@@H](CO)O1.[Br-].[CH3-].[Mg+2]. The fourth-order valence-corrected chi connectivity index (χ4v) is 14.4. The van der Waals surface area contributed by atoms with Crippen LogP contribution in [0.25, 0.3) is 0 Å². The molecule has 24 atom stereocenters. The Labute approximate surface area is 634 Å². The van der Waals surface area contributed by atoms with Gasteiger partial charge in [0.05, 0.1) is 43.7 Å². The van der Waals surface area contributed by atoms with Crippen LogP contribution < -0.4 is 17.0 Å². The number of aldehydes is 1. The number of Topliss-reactive ketones (excluding diaryl/α,β-unsaturated/α-hetero) is 1. The number of rotatable bonds is 19. The summed E-state index contributed by atoms with van der Waals surface area (Å²) < 4.78 is 104. The zero-order valence-corrected chi connectivity index (χ0v) is 65.5. The molecule has 7 heterocycles. The number of hydrogen-bond acceptors (Lipinski definition) is 24. The number of aliphatic hydroxyl groups excluding tert-OH is 5. The maximum absolute atomic E-state index is 12.7. The molecular formula is C49H85B7BrCl6FMgO28P4. The van der Waals surface area contributed by atoms with Gasteiger partial charge in [-0.15, -0.1) is 0 Å². The maximum Gasteiger partial charge on any atom is 2.00 e. The molecule has 7 aliphatic rings. The number of alkyl halides is 6. The van der Waals surface area contributed by atoms with Crippen LogP contribution in [0, 0.1) is 37.0 Å². The van der Waals surface area contributed by atoms with Crippen molar-refractivity contribution in [3.05, 3.63) is 32.1 Å². The Hall–Kier alpha value is 1.91. The third-order valence-electron chi connectivity index (χ3n) is 13.5. The van der Waals surface area contributed by atoms with Crippen molar-refractivity contribution in [2.45, 2.75) is 204 Å². The van der Waals surface area contributed by atoms with Crippen LogP contribution in [0.2, 0.25) is 0 Å². The van der Waals surface area contributed by atoms with Crippen LogP contribution in [0.5, 0.6) is 0 Å². The predicted octanol–water partition coefficient (Wildman–Crippen LogP) is 1.69. The van der Waals surface area contributed by atoms with Crippen LogP contribution in [0.4, 0.5) is 4.70 Å². The minimum absolute atomic E-state index is 0. The van der Waals surface area contributed by atoms with E-state index in [1.165, 1.54) is 0 Å². The molecule has 0 bridgehead atoms. The number of carbonyl (C=O) groups excluding carboxylic acids is 2. The number of phosphoric ester groups is 2. The van der Waals surface area contributed by atoms with Crippen molar-refractivity contribution in [3.63, 3.8) is 0 Å². The van der Waals surface area contributed by atoms with Crippen LogP contribution in [0.1, 0.15) is 94.8 Å². The summed E-state index contributed by atoms with van der Waals surface area (Å²) in [5, 5.41) is 44.9. The van der Waals surface area contributed by atoms with Crippen molar-refractivity contribution >= 4 is 191 Å². The van der Waals surface area contributed by atoms with Gasteiger partial charge in [-0.1, -0.05) is 117 Å². The number of aliphatic hydroxyl groups is 5. The molecule has 7 aliphatic heterocycles. The molecular weight excluding hydrogens is 1570 g/mol. The van der Waals surface area contributed by atoms with Crippen molar-refractivity contribution in [1.29, 1.82) is 0 Å². The molecule has 0 spiro atoms. The molecule has 0 amide bonds. The molecule has 7 saturated heterocycles. The van der Waals surface area contributed by atoms with E-state index in [0.29, 0.717) is 24.7 Å². The number of ether oxygens (including phenoxy) is 7. The van der Waals surface area contributed by atoms with Gasteiger partial charge in [-0.25, -0.2) is 18.3 Å². The number of ketones is 1. The first-order valence-corrected chi connectivity index (χ1v) is 36.6. The van der Waals surface area contributed by atoms with Gasteiger partial charge < -0.3 is 112 Å². The van der Waals surface area contributed by atoms with Crippen LogP contribution in [0.3, 0.4) is 0 Å². The van der Waals surface area contributed by atoms with Gasteiger partial charge in [0, 0.05) is 43.4 Å². The third-order valence-corrected chi connectivity index (χ3v) is 19.3. The summed E-state index contributed by atoms with van der Waals surface area (Å²) in [6, 6.07) is -2.57. The number of carbonyl (C=O) groups is 2. The standard InChI is InChI=1S/C11H14BCl6O5P.C7H13BO2.C7H11BO2.C6H12BO12P3.C6H11BO2.C6H9BO2.C5H9BO3.CH3.BrH.FH.Mg.H2/c1-6-3-8(12)22-9(6)7(2)23-24(19,20-4-10(13,14)15)21-5-11(16,17)18;2*1-4-3-6(8)10-7(4)5(2)9;1-3(6-4(8)2-5(7)16-6)17-21(12,13)19-22(14,15)18-20(9,10)11;2*1-4-2-6(7)9-5(4)3-8;6-5-1-3(8)4(2-7)9-5;;;;;/h6,8-9H,2-5H2,1H3;4-7,9H,3H2,1-2H3;4,6-7H,3H2,1-2H3;4-6,8H,1-2H2,(H,12,13)(H,14,15)(H2,9,10,11);4-6,8H,2-3H2,1H3;3-6H,2H2,1H3;3-5,7-8H,1-2H2;1H3;2*1H;;1H/q;;;;;;;-1;;;+2;/p-1/t6-,8-,9+;4-,5?,6-,7+;4-,6-,7+;3*4-,5-,6-;3-,4-,5-;;;;;/m1111111...../s1/i;;;;;;;;;;;1+2. The molecule has 0 aromatic rings. The fraction of sp³-hybridized carbons (Fsp3) is 0.857. The van der Waals surface area contributed by atoms with Crippen molar-refractivity contribution < 1.29 is 156 Å². The van der Waals surface area contributed by atoms with E-state index in [4.69, 9.17) is 206 Å². The second-order valence-electron chi connectivity index (χ2n) is 22.4. The fourth-order valence-electron chi connectivity index (χ4n) is 9.32. The summed E-state index contributed by atoms with van der Waals surface area (Å²) in [7, 11) is 17.5. The van der Waals surface area contributed by atoms with E-state index in [1.54, 1.807) is 13.8 Å². The van der Waals surface area contributed by atoms with Crippen molar-refractivity contribution in [2.75, 3.05) is 26.4 Å². The molecule has 28 nitrogen and oxygen atoms in total. The summed E-state index contributed by atoms with van der Waals surface area (Å²) in [6.07, 6.45) is -0.101. The topological polar surface area (TPSA) is 404 Å². The van der Waals surface area contributed by atoms with Gasteiger partial charge >= 0.3 is 54.3 Å². The quantitative estimate of drug-likeness (QED) is 0.0222. The predicted molar refractivity (Wildman–Crippen MR) is 365 cm³/mol. The minimum Gasteiger partial charge on any atom is -1.00 e.